The molecule has 1 aliphatic heterocycles. The zero-order valence-electron chi connectivity index (χ0n) is 6.12. The highest BCUT2D eigenvalue weighted by molar-refractivity contribution is 4.98. The molecule has 1 saturated heterocycles. The summed E-state index contributed by atoms with van der Waals surface area (Å²) in [6.07, 6.45) is 3.15. The van der Waals surface area contributed by atoms with Gasteiger partial charge in [0.1, 0.15) is 5.76 Å². The zero-order chi connectivity index (χ0) is 7.52. The van der Waals surface area contributed by atoms with Crippen LogP contribution in [0.5, 0.6) is 0 Å². The first kappa shape index (κ1) is 6.82. The van der Waals surface area contributed by atoms with E-state index in [-0.39, 0.29) is 6.04 Å². The zero-order valence-corrected chi connectivity index (χ0v) is 6.12. The van der Waals surface area contributed by atoms with E-state index in [1.165, 1.54) is 6.39 Å². The second-order valence-corrected chi connectivity index (χ2v) is 2.49. The molecule has 0 aliphatic carbocycles. The number of oxazole rings is 1. The molecule has 2 heterocycles. The SMILES string of the molecule is c1ncc(C2COCCN2)o1. The Morgan fingerprint density at radius 3 is 3.27 bits per heavy atom. The minimum absolute atomic E-state index is 0.186. The lowest BCUT2D eigenvalue weighted by Gasteiger charge is -2.21. The van der Waals surface area contributed by atoms with E-state index >= 15 is 0 Å². The maximum Gasteiger partial charge on any atom is 0.180 e. The second kappa shape index (κ2) is 3.02. The molecule has 2 rings (SSSR count). The first-order valence-corrected chi connectivity index (χ1v) is 3.66. The largest absolute Gasteiger partial charge is 0.447 e. The van der Waals surface area contributed by atoms with Gasteiger partial charge < -0.3 is 14.5 Å². The Kier molecular flexibility index (Phi) is 1.87. The lowest BCUT2D eigenvalue weighted by Crippen LogP contribution is -2.34. The minimum Gasteiger partial charge on any atom is -0.447 e. The van der Waals surface area contributed by atoms with Crippen molar-refractivity contribution in [3.8, 4) is 0 Å². The molecule has 0 bridgehead atoms. The summed E-state index contributed by atoms with van der Waals surface area (Å²) >= 11 is 0. The lowest BCUT2D eigenvalue weighted by atomic mass is 10.2. The van der Waals surface area contributed by atoms with Gasteiger partial charge in [-0.3, -0.25) is 0 Å². The second-order valence-electron chi connectivity index (χ2n) is 2.49. The fourth-order valence-corrected chi connectivity index (χ4v) is 1.15. The van der Waals surface area contributed by atoms with Crippen molar-refractivity contribution in [1.29, 1.82) is 0 Å². The molecule has 0 amide bonds. The van der Waals surface area contributed by atoms with Gasteiger partial charge in [-0.25, -0.2) is 4.98 Å². The summed E-state index contributed by atoms with van der Waals surface area (Å²) in [5, 5.41) is 3.26. The molecule has 1 N–H and O–H groups in total. The van der Waals surface area contributed by atoms with Crippen LogP contribution in [0.2, 0.25) is 0 Å². The quantitative estimate of drug-likeness (QED) is 0.633. The van der Waals surface area contributed by atoms with Gasteiger partial charge in [0.05, 0.1) is 25.5 Å². The maximum absolute atomic E-state index is 5.26. The molecule has 1 aromatic rings. The standard InChI is InChI=1S/C7H10N2O2/c1-2-10-4-6(9-1)7-3-8-5-11-7/h3,5-6,9H,1-2,4H2. The van der Waals surface area contributed by atoms with Gasteiger partial charge >= 0.3 is 0 Å². The fourth-order valence-electron chi connectivity index (χ4n) is 1.15. The Hall–Kier alpha value is -0.870. The average molecular weight is 154 g/mol. The van der Waals surface area contributed by atoms with Crippen molar-refractivity contribution in [2.24, 2.45) is 0 Å². The number of morpholine rings is 1. The Morgan fingerprint density at radius 2 is 2.64 bits per heavy atom. The van der Waals surface area contributed by atoms with Gasteiger partial charge in [-0.2, -0.15) is 0 Å². The third-order valence-corrected chi connectivity index (χ3v) is 1.72. The molecular formula is C7H10N2O2. The molecule has 1 aromatic heterocycles. The van der Waals surface area contributed by atoms with Gasteiger partial charge in [0.25, 0.3) is 0 Å². The summed E-state index contributed by atoms with van der Waals surface area (Å²) < 4.78 is 10.4. The van der Waals surface area contributed by atoms with Crippen molar-refractivity contribution >= 4 is 0 Å². The summed E-state index contributed by atoms with van der Waals surface area (Å²) in [5.41, 5.74) is 0. The molecule has 0 saturated carbocycles. The Morgan fingerprint density at radius 1 is 1.64 bits per heavy atom. The van der Waals surface area contributed by atoms with Crippen molar-refractivity contribution in [2.75, 3.05) is 19.8 Å². The van der Waals surface area contributed by atoms with Crippen LogP contribution in [0.3, 0.4) is 0 Å². The molecular weight excluding hydrogens is 144 g/mol. The van der Waals surface area contributed by atoms with E-state index in [0.717, 1.165) is 18.9 Å². The van der Waals surface area contributed by atoms with Crippen molar-refractivity contribution in [3.05, 3.63) is 18.4 Å². The van der Waals surface area contributed by atoms with E-state index in [0.29, 0.717) is 6.61 Å². The molecule has 4 nitrogen and oxygen atoms in total. The van der Waals surface area contributed by atoms with Gasteiger partial charge in [0, 0.05) is 6.54 Å². The number of nitrogens with zero attached hydrogens (tertiary/aromatic N) is 1. The molecule has 4 heteroatoms. The van der Waals surface area contributed by atoms with E-state index in [1.807, 2.05) is 0 Å². The number of ether oxygens (including phenoxy) is 1. The Bertz CT molecular complexity index is 204. The Labute approximate surface area is 64.6 Å². The van der Waals surface area contributed by atoms with Crippen molar-refractivity contribution in [1.82, 2.24) is 10.3 Å². The van der Waals surface area contributed by atoms with Crippen LogP contribution in [0.1, 0.15) is 11.8 Å². The smallest absolute Gasteiger partial charge is 0.180 e. The summed E-state index contributed by atoms with van der Waals surface area (Å²) in [6.45, 7) is 2.34. The van der Waals surface area contributed by atoms with Crippen molar-refractivity contribution < 1.29 is 9.15 Å². The van der Waals surface area contributed by atoms with E-state index in [4.69, 9.17) is 9.15 Å². The van der Waals surface area contributed by atoms with E-state index in [9.17, 15) is 0 Å². The summed E-state index contributed by atoms with van der Waals surface area (Å²) in [6, 6.07) is 0.186. The van der Waals surface area contributed by atoms with Crippen LogP contribution in [-0.4, -0.2) is 24.7 Å². The van der Waals surface area contributed by atoms with Crippen LogP contribution >= 0.6 is 0 Å². The number of hydrogen-bond donors (Lipinski definition) is 1. The molecule has 0 aromatic carbocycles. The molecule has 1 fully saturated rings. The molecule has 1 unspecified atom stereocenters. The molecule has 11 heavy (non-hydrogen) atoms. The highest BCUT2D eigenvalue weighted by Crippen LogP contribution is 2.13. The summed E-state index contributed by atoms with van der Waals surface area (Å²) in [4.78, 5) is 3.84. The minimum atomic E-state index is 0.186. The van der Waals surface area contributed by atoms with Crippen molar-refractivity contribution in [2.45, 2.75) is 6.04 Å². The topological polar surface area (TPSA) is 47.3 Å². The number of nitrogens with one attached hydrogen (secondary N) is 1. The predicted octanol–water partition coefficient (Wildman–Crippen LogP) is 0.335. The van der Waals surface area contributed by atoms with Gasteiger partial charge in [0.15, 0.2) is 6.39 Å². The first-order chi connectivity index (χ1) is 5.47. The fraction of sp³-hybridized carbons (Fsp3) is 0.571. The monoisotopic (exact) mass is 154 g/mol. The van der Waals surface area contributed by atoms with Gasteiger partial charge in [-0.15, -0.1) is 0 Å². The summed E-state index contributed by atoms with van der Waals surface area (Å²) in [7, 11) is 0. The highest BCUT2D eigenvalue weighted by Gasteiger charge is 2.17. The van der Waals surface area contributed by atoms with Crippen molar-refractivity contribution in [3.63, 3.8) is 0 Å². The lowest BCUT2D eigenvalue weighted by molar-refractivity contribution is 0.0699. The van der Waals surface area contributed by atoms with Crippen LogP contribution < -0.4 is 5.32 Å². The maximum atomic E-state index is 5.26. The molecule has 1 aliphatic rings. The number of hydrogen-bond acceptors (Lipinski definition) is 4. The molecule has 1 atom stereocenters. The van der Waals surface area contributed by atoms with Crippen LogP contribution in [-0.2, 0) is 4.74 Å². The molecule has 0 radical (unpaired) electrons. The Balaban J connectivity index is 2.04. The van der Waals surface area contributed by atoms with Gasteiger partial charge in [0.2, 0.25) is 0 Å². The number of aromatic nitrogens is 1. The first-order valence-electron chi connectivity index (χ1n) is 3.66. The average Bonchev–Trinajstić information content (AvgIpc) is 2.58. The van der Waals surface area contributed by atoms with E-state index in [1.54, 1.807) is 6.20 Å². The molecule has 0 spiro atoms. The van der Waals surface area contributed by atoms with Crippen LogP contribution in [0, 0.1) is 0 Å². The van der Waals surface area contributed by atoms with E-state index in [2.05, 4.69) is 10.3 Å². The van der Waals surface area contributed by atoms with Crippen LogP contribution in [0.15, 0.2) is 17.0 Å². The number of rotatable bonds is 1. The van der Waals surface area contributed by atoms with Gasteiger partial charge in [-0.1, -0.05) is 0 Å². The van der Waals surface area contributed by atoms with E-state index < -0.39 is 0 Å². The predicted molar refractivity (Wildman–Crippen MR) is 38.1 cm³/mol. The summed E-state index contributed by atoms with van der Waals surface area (Å²) in [5.74, 6) is 0.852. The van der Waals surface area contributed by atoms with Crippen LogP contribution in [0.4, 0.5) is 0 Å². The molecule has 60 valence electrons. The van der Waals surface area contributed by atoms with Gasteiger partial charge in [-0.05, 0) is 0 Å². The van der Waals surface area contributed by atoms with Crippen LogP contribution in [0.25, 0.3) is 0 Å². The third kappa shape index (κ3) is 1.41. The third-order valence-electron chi connectivity index (χ3n) is 1.72. The normalized spacial score (nSPS) is 25.3. The highest BCUT2D eigenvalue weighted by atomic mass is 16.5.